The molecular weight excluding hydrogens is 135 g/mol. The van der Waals surface area contributed by atoms with Crippen LogP contribution in [0.2, 0.25) is 0 Å². The highest BCUT2D eigenvalue weighted by atomic mass is 31.0. The van der Waals surface area contributed by atoms with Crippen LogP contribution >= 0.6 is 8.86 Å². The zero-order valence-corrected chi connectivity index (χ0v) is 5.57. The van der Waals surface area contributed by atoms with Crippen LogP contribution in [0.15, 0.2) is 27.6 Å². The number of nitrogens with one attached hydrogen (secondary N) is 1. The van der Waals surface area contributed by atoms with Crippen LogP contribution in [0.4, 0.5) is 0 Å². The quantitative estimate of drug-likeness (QED) is 0.496. The molecular formula is C4H5N4P. The molecule has 4 nitrogen and oxygen atoms in total. The molecule has 5 heteroatoms. The predicted octanol–water partition coefficient (Wildman–Crippen LogP) is 0.771. The Morgan fingerprint density at radius 2 is 2.44 bits per heavy atom. The van der Waals surface area contributed by atoms with Gasteiger partial charge < -0.3 is 0 Å². The third-order valence-corrected chi connectivity index (χ3v) is 0.942. The van der Waals surface area contributed by atoms with Gasteiger partial charge in [-0.2, -0.15) is 10.6 Å². The SMILES string of the molecule is P=C1C=CC=NNN=N1. The molecule has 9 heavy (non-hydrogen) atoms. The van der Waals surface area contributed by atoms with E-state index in [2.05, 4.69) is 29.8 Å². The van der Waals surface area contributed by atoms with Gasteiger partial charge in [-0.1, -0.05) is 14.1 Å². The molecule has 0 spiro atoms. The summed E-state index contributed by atoms with van der Waals surface area (Å²) in [7, 11) is 3.19. The third kappa shape index (κ3) is 2.15. The minimum Gasteiger partial charge on any atom is -0.179 e. The topological polar surface area (TPSA) is 49.1 Å². The molecule has 0 radical (unpaired) electrons. The standard InChI is InChI=1S/C4H5N4P/c9-4-2-1-3-5-7-8-6-4/h1-3,9H,(H,6,7). The molecule has 1 aliphatic rings. The molecule has 46 valence electrons. The lowest BCUT2D eigenvalue weighted by Gasteiger charge is -1.89. The summed E-state index contributed by atoms with van der Waals surface area (Å²) in [6.45, 7) is 0. The van der Waals surface area contributed by atoms with Gasteiger partial charge in [-0.05, 0) is 12.2 Å². The third-order valence-electron chi connectivity index (χ3n) is 0.675. The zero-order chi connectivity index (χ0) is 6.53. The Kier molecular flexibility index (Phi) is 2.10. The maximum atomic E-state index is 3.63. The fraction of sp³-hybridized carbons (Fsp3) is 0. The lowest BCUT2D eigenvalue weighted by Crippen LogP contribution is -1.96. The van der Waals surface area contributed by atoms with Crippen molar-refractivity contribution < 1.29 is 0 Å². The van der Waals surface area contributed by atoms with Gasteiger partial charge >= 0.3 is 0 Å². The minimum atomic E-state index is 0.661. The first-order chi connectivity index (χ1) is 4.39. The molecule has 0 saturated heterocycles. The van der Waals surface area contributed by atoms with E-state index >= 15 is 0 Å². The first-order valence-corrected chi connectivity index (χ1v) is 2.83. The van der Waals surface area contributed by atoms with E-state index in [-0.39, 0.29) is 0 Å². The molecule has 0 atom stereocenters. The number of hydrogen-bond donors (Lipinski definition) is 1. The van der Waals surface area contributed by atoms with Gasteiger partial charge in [-0.15, -0.1) is 5.11 Å². The van der Waals surface area contributed by atoms with Crippen LogP contribution in [0.1, 0.15) is 0 Å². The van der Waals surface area contributed by atoms with E-state index in [1.165, 1.54) is 0 Å². The highest BCUT2D eigenvalue weighted by Crippen LogP contribution is 1.87. The zero-order valence-electron chi connectivity index (χ0n) is 4.57. The van der Waals surface area contributed by atoms with E-state index in [1.807, 2.05) is 0 Å². The van der Waals surface area contributed by atoms with E-state index < -0.39 is 0 Å². The molecule has 1 N–H and O–H groups in total. The summed E-state index contributed by atoms with van der Waals surface area (Å²) in [5.74, 6) is 0. The Morgan fingerprint density at radius 1 is 1.56 bits per heavy atom. The maximum absolute atomic E-state index is 3.63. The average Bonchev–Trinajstić information content (AvgIpc) is 1.79. The van der Waals surface area contributed by atoms with Crippen molar-refractivity contribution in [2.75, 3.05) is 0 Å². The normalized spacial score (nSPS) is 16.7. The summed E-state index contributed by atoms with van der Waals surface area (Å²) in [6, 6.07) is 0. The summed E-state index contributed by atoms with van der Waals surface area (Å²) in [5.41, 5.74) is 3.00. The second kappa shape index (κ2) is 3.10. The smallest absolute Gasteiger partial charge is 0.107 e. The number of rotatable bonds is 0. The number of hydrazone groups is 1. The lowest BCUT2D eigenvalue weighted by molar-refractivity contribution is 0.760. The fourth-order valence-electron chi connectivity index (χ4n) is 0.346. The van der Waals surface area contributed by atoms with Crippen molar-refractivity contribution in [2.45, 2.75) is 0 Å². The highest BCUT2D eigenvalue weighted by Gasteiger charge is 1.82. The van der Waals surface area contributed by atoms with Crippen molar-refractivity contribution >= 4 is 20.5 Å². The summed E-state index contributed by atoms with van der Waals surface area (Å²) in [5, 5.41) is 10.7. The second-order valence-electron chi connectivity index (χ2n) is 1.32. The van der Waals surface area contributed by atoms with Crippen LogP contribution < -0.4 is 5.53 Å². The van der Waals surface area contributed by atoms with Gasteiger partial charge in [0.2, 0.25) is 0 Å². The average molecular weight is 140 g/mol. The Morgan fingerprint density at radius 3 is 3.33 bits per heavy atom. The van der Waals surface area contributed by atoms with Gasteiger partial charge in [0.05, 0.1) is 0 Å². The molecule has 1 heterocycles. The molecule has 0 amide bonds. The fourth-order valence-corrected chi connectivity index (χ4v) is 0.492. The molecule has 0 aromatic carbocycles. The van der Waals surface area contributed by atoms with E-state index in [0.717, 1.165) is 0 Å². The van der Waals surface area contributed by atoms with E-state index in [0.29, 0.717) is 5.42 Å². The minimum absolute atomic E-state index is 0.661. The van der Waals surface area contributed by atoms with Crippen LogP contribution in [0, 0.1) is 0 Å². The first kappa shape index (κ1) is 6.11. The maximum Gasteiger partial charge on any atom is 0.107 e. The monoisotopic (exact) mass is 140 g/mol. The van der Waals surface area contributed by atoms with Gasteiger partial charge in [0.25, 0.3) is 0 Å². The van der Waals surface area contributed by atoms with Gasteiger partial charge in [-0.3, -0.25) is 0 Å². The number of hydrogen-bond acceptors (Lipinski definition) is 3. The molecule has 0 aliphatic carbocycles. The van der Waals surface area contributed by atoms with E-state index in [9.17, 15) is 0 Å². The second-order valence-corrected chi connectivity index (χ2v) is 1.83. The van der Waals surface area contributed by atoms with Crippen molar-refractivity contribution in [3.63, 3.8) is 0 Å². The molecule has 0 saturated carbocycles. The van der Waals surface area contributed by atoms with Crippen LogP contribution in [0.3, 0.4) is 0 Å². The van der Waals surface area contributed by atoms with Crippen molar-refractivity contribution in [3.05, 3.63) is 12.2 Å². The van der Waals surface area contributed by atoms with Gasteiger partial charge in [0, 0.05) is 6.21 Å². The predicted molar refractivity (Wildman–Crippen MR) is 38.9 cm³/mol. The summed E-state index contributed by atoms with van der Waals surface area (Å²) < 4.78 is 0. The largest absolute Gasteiger partial charge is 0.179 e. The van der Waals surface area contributed by atoms with Gasteiger partial charge in [0.15, 0.2) is 0 Å². The Balaban J connectivity index is 2.72. The Labute approximate surface area is 54.6 Å². The van der Waals surface area contributed by atoms with Crippen molar-refractivity contribution in [3.8, 4) is 0 Å². The van der Waals surface area contributed by atoms with Gasteiger partial charge in [-0.25, -0.2) is 0 Å². The molecule has 0 aromatic heterocycles. The lowest BCUT2D eigenvalue weighted by atomic mass is 10.5. The van der Waals surface area contributed by atoms with Crippen molar-refractivity contribution in [2.24, 2.45) is 15.4 Å². The number of allylic oxidation sites excluding steroid dienone is 1. The molecule has 0 aromatic rings. The van der Waals surface area contributed by atoms with Crippen LogP contribution in [-0.2, 0) is 0 Å². The first-order valence-electron chi connectivity index (χ1n) is 2.33. The van der Waals surface area contributed by atoms with Crippen molar-refractivity contribution in [1.82, 2.24) is 5.53 Å². The summed E-state index contributed by atoms with van der Waals surface area (Å²) in [4.78, 5) is 0. The highest BCUT2D eigenvalue weighted by molar-refractivity contribution is 7.21. The van der Waals surface area contributed by atoms with E-state index in [4.69, 9.17) is 0 Å². The molecule has 0 bridgehead atoms. The molecule has 1 rings (SSSR count). The van der Waals surface area contributed by atoms with Crippen molar-refractivity contribution in [1.29, 1.82) is 0 Å². The number of nitrogens with zero attached hydrogens (tertiary/aromatic N) is 3. The molecule has 0 unspecified atom stereocenters. The Bertz CT molecular complexity index is 193. The van der Waals surface area contributed by atoms with E-state index in [1.54, 1.807) is 18.4 Å². The van der Waals surface area contributed by atoms with Gasteiger partial charge in [0.1, 0.15) is 5.42 Å². The Hall–Kier alpha value is -1.02. The molecule has 0 fully saturated rings. The summed E-state index contributed by atoms with van der Waals surface area (Å²) in [6.07, 6.45) is 5.07. The van der Waals surface area contributed by atoms with Crippen LogP contribution in [-0.4, -0.2) is 11.6 Å². The summed E-state index contributed by atoms with van der Waals surface area (Å²) >= 11 is 0. The molecule has 1 aliphatic heterocycles. The van der Waals surface area contributed by atoms with Crippen LogP contribution in [0.25, 0.3) is 0 Å². The van der Waals surface area contributed by atoms with Crippen LogP contribution in [0.5, 0.6) is 0 Å².